The second kappa shape index (κ2) is 3.34. The van der Waals surface area contributed by atoms with Gasteiger partial charge in [-0.3, -0.25) is 4.79 Å². The van der Waals surface area contributed by atoms with Crippen LogP contribution in [0.3, 0.4) is 0 Å². The molecule has 2 nitrogen and oxygen atoms in total. The predicted molar refractivity (Wildman–Crippen MR) is 47.3 cm³/mol. The Morgan fingerprint density at radius 1 is 1.82 bits per heavy atom. The van der Waals surface area contributed by atoms with Gasteiger partial charge in [-0.1, -0.05) is 11.6 Å². The van der Waals surface area contributed by atoms with Gasteiger partial charge in [0.25, 0.3) is 0 Å². The van der Waals surface area contributed by atoms with E-state index in [0.29, 0.717) is 9.90 Å². The molecule has 2 N–H and O–H groups in total. The van der Waals surface area contributed by atoms with Crippen LogP contribution in [0.15, 0.2) is 11.4 Å². The summed E-state index contributed by atoms with van der Waals surface area (Å²) < 4.78 is 0. The van der Waals surface area contributed by atoms with Crippen LogP contribution >= 0.6 is 22.9 Å². The SMILES string of the molecule is C[C@H](N)C(=O)c1sccc1Cl. The van der Waals surface area contributed by atoms with Crippen molar-refractivity contribution in [2.24, 2.45) is 5.73 Å². The highest BCUT2D eigenvalue weighted by molar-refractivity contribution is 7.12. The van der Waals surface area contributed by atoms with Crippen LogP contribution in [-0.2, 0) is 0 Å². The molecule has 1 aromatic rings. The van der Waals surface area contributed by atoms with Crippen molar-refractivity contribution in [2.45, 2.75) is 13.0 Å². The summed E-state index contributed by atoms with van der Waals surface area (Å²) in [6.07, 6.45) is 0. The minimum Gasteiger partial charge on any atom is -0.321 e. The summed E-state index contributed by atoms with van der Waals surface area (Å²) in [5.74, 6) is -0.0926. The molecule has 11 heavy (non-hydrogen) atoms. The molecule has 0 amide bonds. The molecule has 1 atom stereocenters. The van der Waals surface area contributed by atoms with Gasteiger partial charge in [-0.05, 0) is 18.4 Å². The van der Waals surface area contributed by atoms with E-state index >= 15 is 0 Å². The molecule has 0 saturated carbocycles. The summed E-state index contributed by atoms with van der Waals surface area (Å²) in [6, 6.07) is 1.23. The molecule has 0 aromatic carbocycles. The van der Waals surface area contributed by atoms with E-state index in [-0.39, 0.29) is 5.78 Å². The number of nitrogens with two attached hydrogens (primary N) is 1. The van der Waals surface area contributed by atoms with Crippen LogP contribution in [0.4, 0.5) is 0 Å². The fourth-order valence-electron chi connectivity index (χ4n) is 0.676. The highest BCUT2D eigenvalue weighted by Crippen LogP contribution is 2.22. The molecule has 0 aliphatic heterocycles. The summed E-state index contributed by atoms with van der Waals surface area (Å²) in [7, 11) is 0. The Morgan fingerprint density at radius 2 is 2.45 bits per heavy atom. The molecule has 1 heterocycles. The number of carbonyl (C=O) groups is 1. The van der Waals surface area contributed by atoms with Crippen LogP contribution in [0.1, 0.15) is 16.6 Å². The quantitative estimate of drug-likeness (QED) is 0.723. The third-order valence-corrected chi connectivity index (χ3v) is 2.61. The van der Waals surface area contributed by atoms with E-state index in [1.165, 1.54) is 11.3 Å². The van der Waals surface area contributed by atoms with Gasteiger partial charge in [0.05, 0.1) is 15.9 Å². The average molecular weight is 190 g/mol. The van der Waals surface area contributed by atoms with Crippen LogP contribution in [0.2, 0.25) is 5.02 Å². The second-order valence-corrected chi connectivity index (χ2v) is 3.57. The van der Waals surface area contributed by atoms with E-state index in [2.05, 4.69) is 0 Å². The van der Waals surface area contributed by atoms with E-state index in [9.17, 15) is 4.79 Å². The Kier molecular flexibility index (Phi) is 2.65. The number of thiophene rings is 1. The predicted octanol–water partition coefficient (Wildman–Crippen LogP) is 1.93. The van der Waals surface area contributed by atoms with E-state index in [0.717, 1.165) is 0 Å². The summed E-state index contributed by atoms with van der Waals surface area (Å²) in [5.41, 5.74) is 5.39. The van der Waals surface area contributed by atoms with Crippen molar-refractivity contribution in [1.29, 1.82) is 0 Å². The molecule has 1 rings (SSSR count). The largest absolute Gasteiger partial charge is 0.321 e. The van der Waals surface area contributed by atoms with Crippen molar-refractivity contribution < 1.29 is 4.79 Å². The minimum absolute atomic E-state index is 0.0926. The molecule has 60 valence electrons. The maximum absolute atomic E-state index is 11.2. The lowest BCUT2D eigenvalue weighted by Gasteiger charge is -2.00. The van der Waals surface area contributed by atoms with Gasteiger partial charge in [0, 0.05) is 0 Å². The molecule has 0 unspecified atom stereocenters. The fraction of sp³-hybridized carbons (Fsp3) is 0.286. The zero-order valence-electron chi connectivity index (χ0n) is 6.00. The summed E-state index contributed by atoms with van der Waals surface area (Å²) in [4.78, 5) is 11.8. The van der Waals surface area contributed by atoms with Gasteiger partial charge in [-0.2, -0.15) is 0 Å². The van der Waals surface area contributed by atoms with Crippen molar-refractivity contribution in [2.75, 3.05) is 0 Å². The van der Waals surface area contributed by atoms with Crippen molar-refractivity contribution in [3.05, 3.63) is 21.3 Å². The van der Waals surface area contributed by atoms with Crippen molar-refractivity contribution in [1.82, 2.24) is 0 Å². The van der Waals surface area contributed by atoms with Gasteiger partial charge < -0.3 is 5.73 Å². The van der Waals surface area contributed by atoms with E-state index < -0.39 is 6.04 Å². The van der Waals surface area contributed by atoms with E-state index in [4.69, 9.17) is 17.3 Å². The zero-order valence-corrected chi connectivity index (χ0v) is 7.58. The smallest absolute Gasteiger partial charge is 0.190 e. The van der Waals surface area contributed by atoms with Gasteiger partial charge in [-0.25, -0.2) is 0 Å². The third kappa shape index (κ3) is 1.80. The van der Waals surface area contributed by atoms with Crippen molar-refractivity contribution in [3.63, 3.8) is 0 Å². The monoisotopic (exact) mass is 189 g/mol. The number of carbonyl (C=O) groups excluding carboxylic acids is 1. The van der Waals surface area contributed by atoms with Crippen LogP contribution in [0, 0.1) is 0 Å². The third-order valence-electron chi connectivity index (χ3n) is 1.25. The summed E-state index contributed by atoms with van der Waals surface area (Å²) in [5, 5.41) is 2.27. The number of hydrogen-bond acceptors (Lipinski definition) is 3. The number of ketones is 1. The lowest BCUT2D eigenvalue weighted by atomic mass is 10.2. The van der Waals surface area contributed by atoms with Crippen LogP contribution in [-0.4, -0.2) is 11.8 Å². The first-order chi connectivity index (χ1) is 5.13. The molecular formula is C7H8ClNOS. The van der Waals surface area contributed by atoms with E-state index in [1.807, 2.05) is 0 Å². The highest BCUT2D eigenvalue weighted by Gasteiger charge is 2.14. The standard InChI is InChI=1S/C7H8ClNOS/c1-4(9)6(10)7-5(8)2-3-11-7/h2-4H,9H2,1H3/t4-/m0/s1. The normalized spacial score (nSPS) is 13.0. The lowest BCUT2D eigenvalue weighted by molar-refractivity contribution is 0.0972. The molecule has 0 fully saturated rings. The van der Waals surface area contributed by atoms with Gasteiger partial charge >= 0.3 is 0 Å². The minimum atomic E-state index is -0.467. The average Bonchev–Trinajstić information content (AvgIpc) is 2.33. The molecule has 4 heteroatoms. The van der Waals surface area contributed by atoms with Gasteiger partial charge in [0.1, 0.15) is 0 Å². The van der Waals surface area contributed by atoms with Gasteiger partial charge in [0.15, 0.2) is 5.78 Å². The molecule has 0 spiro atoms. The Labute approximate surface area is 74.0 Å². The molecule has 0 aliphatic carbocycles. The molecule has 1 aromatic heterocycles. The van der Waals surface area contributed by atoms with Crippen LogP contribution < -0.4 is 5.73 Å². The van der Waals surface area contributed by atoms with E-state index in [1.54, 1.807) is 18.4 Å². The molecule has 0 bridgehead atoms. The van der Waals surface area contributed by atoms with Gasteiger partial charge in [-0.15, -0.1) is 11.3 Å². The Balaban J connectivity index is 2.93. The summed E-state index contributed by atoms with van der Waals surface area (Å²) >= 11 is 7.04. The first kappa shape index (κ1) is 8.71. The second-order valence-electron chi connectivity index (χ2n) is 2.25. The molecular weight excluding hydrogens is 182 g/mol. The van der Waals surface area contributed by atoms with Gasteiger partial charge in [0.2, 0.25) is 0 Å². The van der Waals surface area contributed by atoms with Crippen LogP contribution in [0.25, 0.3) is 0 Å². The maximum atomic E-state index is 11.2. The maximum Gasteiger partial charge on any atom is 0.190 e. The fourth-order valence-corrected chi connectivity index (χ4v) is 1.86. The number of halogens is 1. The topological polar surface area (TPSA) is 43.1 Å². The number of Topliss-reactive ketones (excluding diaryl/α,β-unsaturated/α-hetero) is 1. The Morgan fingerprint density at radius 3 is 2.82 bits per heavy atom. The summed E-state index contributed by atoms with van der Waals surface area (Å²) in [6.45, 7) is 1.65. The van der Waals surface area contributed by atoms with Crippen LogP contribution in [0.5, 0.6) is 0 Å². The first-order valence-corrected chi connectivity index (χ1v) is 4.41. The molecule has 0 aliphatic rings. The first-order valence-electron chi connectivity index (χ1n) is 3.15. The number of rotatable bonds is 2. The lowest BCUT2D eigenvalue weighted by Crippen LogP contribution is -2.25. The number of hydrogen-bond donors (Lipinski definition) is 1. The van der Waals surface area contributed by atoms with Crippen molar-refractivity contribution in [3.8, 4) is 0 Å². The zero-order chi connectivity index (χ0) is 8.43. The molecule has 0 radical (unpaired) electrons. The molecule has 0 saturated heterocycles. The van der Waals surface area contributed by atoms with Crippen molar-refractivity contribution >= 4 is 28.7 Å². The Bertz CT molecular complexity index is 269. The Hall–Kier alpha value is -0.380. The highest BCUT2D eigenvalue weighted by atomic mass is 35.5.